The number of anilines is 1. The van der Waals surface area contributed by atoms with Crippen molar-refractivity contribution in [2.45, 2.75) is 12.1 Å². The third-order valence-electron chi connectivity index (χ3n) is 4.58. The molecule has 1 saturated heterocycles. The van der Waals surface area contributed by atoms with Crippen LogP contribution in [0.15, 0.2) is 58.4 Å². The van der Waals surface area contributed by atoms with Crippen LogP contribution in [0.3, 0.4) is 0 Å². The topological polar surface area (TPSA) is 111 Å². The van der Waals surface area contributed by atoms with Gasteiger partial charge in [-0.05, 0) is 18.2 Å². The standard InChI is InChI=1S/C19H19N5O4/c1-27-13-4-2-3-12(9-13)14-5-6-17(25)24(23-14)16-11-28-10-15(16)22-18-19(26)21-8-7-20-18/h2-9,15-16H,10-11H2,1H3,(H,20,22)(H,21,26). The smallest absolute Gasteiger partial charge is 0.290 e. The first-order valence-electron chi connectivity index (χ1n) is 8.78. The summed E-state index contributed by atoms with van der Waals surface area (Å²) in [5.41, 5.74) is 0.889. The van der Waals surface area contributed by atoms with E-state index in [9.17, 15) is 9.59 Å². The fourth-order valence-corrected chi connectivity index (χ4v) is 3.15. The van der Waals surface area contributed by atoms with Gasteiger partial charge in [0.1, 0.15) is 11.8 Å². The van der Waals surface area contributed by atoms with Gasteiger partial charge in [-0.25, -0.2) is 9.67 Å². The van der Waals surface area contributed by atoms with Crippen LogP contribution in [0.5, 0.6) is 5.75 Å². The molecule has 2 aromatic heterocycles. The quantitative estimate of drug-likeness (QED) is 0.680. The number of nitrogens with one attached hydrogen (secondary N) is 2. The van der Waals surface area contributed by atoms with E-state index in [2.05, 4.69) is 20.4 Å². The van der Waals surface area contributed by atoms with Crippen LogP contribution in [0.1, 0.15) is 6.04 Å². The summed E-state index contributed by atoms with van der Waals surface area (Å²) in [5, 5.41) is 7.60. The highest BCUT2D eigenvalue weighted by molar-refractivity contribution is 5.60. The average molecular weight is 381 g/mol. The van der Waals surface area contributed by atoms with E-state index in [4.69, 9.17) is 9.47 Å². The summed E-state index contributed by atoms with van der Waals surface area (Å²) < 4.78 is 12.2. The van der Waals surface area contributed by atoms with Crippen molar-refractivity contribution < 1.29 is 9.47 Å². The van der Waals surface area contributed by atoms with E-state index in [1.807, 2.05) is 24.3 Å². The Kier molecular flexibility index (Phi) is 4.90. The fraction of sp³-hybridized carbons (Fsp3) is 0.263. The largest absolute Gasteiger partial charge is 0.497 e. The minimum absolute atomic E-state index is 0.181. The third kappa shape index (κ3) is 3.52. The number of aromatic amines is 1. The van der Waals surface area contributed by atoms with E-state index in [0.29, 0.717) is 24.7 Å². The third-order valence-corrected chi connectivity index (χ3v) is 4.58. The molecule has 1 fully saturated rings. The van der Waals surface area contributed by atoms with E-state index in [0.717, 1.165) is 5.56 Å². The van der Waals surface area contributed by atoms with Gasteiger partial charge in [0.25, 0.3) is 11.1 Å². The highest BCUT2D eigenvalue weighted by Gasteiger charge is 2.32. The van der Waals surface area contributed by atoms with Gasteiger partial charge in [-0.1, -0.05) is 12.1 Å². The maximum atomic E-state index is 12.5. The molecule has 9 heteroatoms. The molecule has 9 nitrogen and oxygen atoms in total. The molecule has 4 rings (SSSR count). The van der Waals surface area contributed by atoms with Gasteiger partial charge in [-0.2, -0.15) is 5.10 Å². The van der Waals surface area contributed by atoms with Crippen molar-refractivity contribution in [3.8, 4) is 17.0 Å². The lowest BCUT2D eigenvalue weighted by Gasteiger charge is -2.20. The Morgan fingerprint density at radius 3 is 2.96 bits per heavy atom. The van der Waals surface area contributed by atoms with Crippen LogP contribution < -0.4 is 21.2 Å². The normalized spacial score (nSPS) is 18.8. The molecule has 2 atom stereocenters. The summed E-state index contributed by atoms with van der Waals surface area (Å²) in [6, 6.07) is 9.91. The first kappa shape index (κ1) is 17.9. The second-order valence-corrected chi connectivity index (χ2v) is 6.36. The van der Waals surface area contributed by atoms with Gasteiger partial charge in [0, 0.05) is 24.0 Å². The number of H-pyrrole nitrogens is 1. The summed E-state index contributed by atoms with van der Waals surface area (Å²) in [6.45, 7) is 0.634. The van der Waals surface area contributed by atoms with Crippen molar-refractivity contribution in [2.24, 2.45) is 0 Å². The van der Waals surface area contributed by atoms with Crippen LogP contribution in [0, 0.1) is 0 Å². The van der Waals surface area contributed by atoms with Gasteiger partial charge >= 0.3 is 0 Å². The van der Waals surface area contributed by atoms with E-state index in [-0.39, 0.29) is 29.0 Å². The Morgan fingerprint density at radius 1 is 1.25 bits per heavy atom. The molecule has 144 valence electrons. The monoisotopic (exact) mass is 381 g/mol. The number of aromatic nitrogens is 4. The molecule has 28 heavy (non-hydrogen) atoms. The molecule has 1 aliphatic rings. The van der Waals surface area contributed by atoms with Gasteiger partial charge < -0.3 is 19.8 Å². The van der Waals surface area contributed by atoms with Crippen molar-refractivity contribution >= 4 is 5.82 Å². The van der Waals surface area contributed by atoms with E-state index in [1.54, 1.807) is 13.2 Å². The van der Waals surface area contributed by atoms with Gasteiger partial charge in [0.2, 0.25) is 0 Å². The van der Waals surface area contributed by atoms with Gasteiger partial charge in [-0.15, -0.1) is 0 Å². The zero-order chi connectivity index (χ0) is 19.5. The first-order valence-corrected chi connectivity index (χ1v) is 8.78. The number of hydrogen-bond donors (Lipinski definition) is 2. The minimum Gasteiger partial charge on any atom is -0.497 e. The molecule has 2 N–H and O–H groups in total. The van der Waals surface area contributed by atoms with Crippen LogP contribution >= 0.6 is 0 Å². The SMILES string of the molecule is COc1cccc(-c2ccc(=O)n(C3COCC3Nc3ncc[nH]c3=O)n2)c1. The highest BCUT2D eigenvalue weighted by atomic mass is 16.5. The number of benzene rings is 1. The number of nitrogens with zero attached hydrogens (tertiary/aromatic N) is 3. The molecule has 0 amide bonds. The van der Waals surface area contributed by atoms with Crippen LogP contribution in [-0.4, -0.2) is 46.1 Å². The molecular formula is C19H19N5O4. The summed E-state index contributed by atoms with van der Waals surface area (Å²) in [7, 11) is 1.60. The number of ether oxygens (including phenoxy) is 2. The highest BCUT2D eigenvalue weighted by Crippen LogP contribution is 2.24. The molecule has 0 saturated carbocycles. The second kappa shape index (κ2) is 7.65. The van der Waals surface area contributed by atoms with Gasteiger partial charge in [-0.3, -0.25) is 9.59 Å². The molecule has 2 unspecified atom stereocenters. The Hall–Kier alpha value is -3.46. The van der Waals surface area contributed by atoms with E-state index in [1.165, 1.54) is 23.1 Å². The Morgan fingerprint density at radius 2 is 2.14 bits per heavy atom. The average Bonchev–Trinajstić information content (AvgIpc) is 3.18. The lowest BCUT2D eigenvalue weighted by atomic mass is 10.1. The summed E-state index contributed by atoms with van der Waals surface area (Å²) in [4.78, 5) is 31.0. The predicted molar refractivity (Wildman–Crippen MR) is 103 cm³/mol. The Bertz CT molecular complexity index is 1090. The van der Waals surface area contributed by atoms with Crippen LogP contribution in [-0.2, 0) is 4.74 Å². The Labute approximate surface area is 160 Å². The molecule has 3 heterocycles. The fourth-order valence-electron chi connectivity index (χ4n) is 3.15. The van der Waals surface area contributed by atoms with Crippen LogP contribution in [0.25, 0.3) is 11.3 Å². The molecule has 3 aromatic rings. The van der Waals surface area contributed by atoms with Gasteiger partial charge in [0.05, 0.1) is 32.1 Å². The molecule has 0 spiro atoms. The second-order valence-electron chi connectivity index (χ2n) is 6.36. The van der Waals surface area contributed by atoms with E-state index >= 15 is 0 Å². The number of methoxy groups -OCH3 is 1. The maximum absolute atomic E-state index is 12.5. The zero-order valence-corrected chi connectivity index (χ0v) is 15.2. The molecule has 0 bridgehead atoms. The number of rotatable bonds is 5. The molecule has 0 radical (unpaired) electrons. The van der Waals surface area contributed by atoms with Crippen molar-refractivity contribution in [1.29, 1.82) is 0 Å². The van der Waals surface area contributed by atoms with Crippen molar-refractivity contribution in [3.05, 3.63) is 69.5 Å². The Balaban J connectivity index is 1.67. The summed E-state index contributed by atoms with van der Waals surface area (Å²) >= 11 is 0. The van der Waals surface area contributed by atoms with Crippen LogP contribution in [0.2, 0.25) is 0 Å². The molecule has 1 aromatic carbocycles. The lowest BCUT2D eigenvalue weighted by molar-refractivity contribution is 0.183. The summed E-state index contributed by atoms with van der Waals surface area (Å²) in [6.07, 6.45) is 2.95. The van der Waals surface area contributed by atoms with Crippen LogP contribution in [0.4, 0.5) is 5.82 Å². The predicted octanol–water partition coefficient (Wildman–Crippen LogP) is 1.05. The molecule has 1 aliphatic heterocycles. The molecule has 0 aliphatic carbocycles. The van der Waals surface area contributed by atoms with Gasteiger partial charge in [0.15, 0.2) is 5.82 Å². The van der Waals surface area contributed by atoms with Crippen molar-refractivity contribution in [1.82, 2.24) is 19.7 Å². The lowest BCUT2D eigenvalue weighted by Crippen LogP contribution is -2.38. The zero-order valence-electron chi connectivity index (χ0n) is 15.2. The first-order chi connectivity index (χ1) is 13.7. The summed E-state index contributed by atoms with van der Waals surface area (Å²) in [5.74, 6) is 0.884. The van der Waals surface area contributed by atoms with Crippen molar-refractivity contribution in [3.63, 3.8) is 0 Å². The number of hydrogen-bond acceptors (Lipinski definition) is 7. The molecular weight excluding hydrogens is 362 g/mol. The van der Waals surface area contributed by atoms with Crippen molar-refractivity contribution in [2.75, 3.05) is 25.6 Å². The maximum Gasteiger partial charge on any atom is 0.290 e. The van der Waals surface area contributed by atoms with E-state index < -0.39 is 0 Å². The minimum atomic E-state index is -0.375.